The number of halogens is 1. The second-order valence-electron chi connectivity index (χ2n) is 7.51. The Bertz CT molecular complexity index is 1000. The smallest absolute Gasteiger partial charge is 0.131 e. The third kappa shape index (κ3) is 3.78. The first-order valence-corrected chi connectivity index (χ1v) is 9.80. The molecule has 1 aliphatic rings. The Kier molecular flexibility index (Phi) is 5.13. The molecule has 0 unspecified atom stereocenters. The predicted molar refractivity (Wildman–Crippen MR) is 112 cm³/mol. The highest BCUT2D eigenvalue weighted by Crippen LogP contribution is 2.29. The van der Waals surface area contributed by atoms with E-state index in [1.165, 1.54) is 6.07 Å². The maximum Gasteiger partial charge on any atom is 0.131 e. The van der Waals surface area contributed by atoms with Crippen LogP contribution in [0.2, 0.25) is 0 Å². The number of hydrogen-bond acceptors (Lipinski definition) is 4. The molecule has 5 nitrogen and oxygen atoms in total. The lowest BCUT2D eigenvalue weighted by Crippen LogP contribution is -2.34. The molecule has 1 aromatic carbocycles. The Balaban J connectivity index is 1.55. The Morgan fingerprint density at radius 1 is 1.21 bits per heavy atom. The van der Waals surface area contributed by atoms with Crippen LogP contribution in [-0.4, -0.2) is 39.3 Å². The van der Waals surface area contributed by atoms with Crippen molar-refractivity contribution in [2.24, 2.45) is 13.0 Å². The fourth-order valence-electron chi connectivity index (χ4n) is 3.88. The van der Waals surface area contributed by atoms with Crippen molar-refractivity contribution in [1.82, 2.24) is 19.7 Å². The topological polar surface area (TPSA) is 46.0 Å². The molecule has 1 fully saturated rings. The van der Waals surface area contributed by atoms with Crippen LogP contribution in [0.3, 0.4) is 0 Å². The molecule has 1 aliphatic heterocycles. The lowest BCUT2D eigenvalue weighted by Gasteiger charge is -2.32. The standard InChI is InChI=1S/C22H26FN5/c1-4-28-7-5-16(6-8-28)15(2)26-22-11-17-9-20(19-13-25-27(3)14-19)21(23)10-18(17)12-24-22/h9-14,16H,2,4-8H2,1,3H3,(H,24,26). The van der Waals surface area contributed by atoms with Gasteiger partial charge in [0.2, 0.25) is 0 Å². The summed E-state index contributed by atoms with van der Waals surface area (Å²) in [7, 11) is 1.82. The monoisotopic (exact) mass is 379 g/mol. The van der Waals surface area contributed by atoms with Gasteiger partial charge in [0, 0.05) is 47.6 Å². The van der Waals surface area contributed by atoms with Gasteiger partial charge in [-0.25, -0.2) is 9.37 Å². The van der Waals surface area contributed by atoms with Crippen LogP contribution in [0.1, 0.15) is 19.8 Å². The highest BCUT2D eigenvalue weighted by atomic mass is 19.1. The van der Waals surface area contributed by atoms with Crippen LogP contribution in [0.15, 0.2) is 49.1 Å². The summed E-state index contributed by atoms with van der Waals surface area (Å²) in [6.07, 6.45) is 7.43. The third-order valence-electron chi connectivity index (χ3n) is 5.64. The number of benzene rings is 1. The van der Waals surface area contributed by atoms with Crippen LogP contribution >= 0.6 is 0 Å². The van der Waals surface area contributed by atoms with Crippen LogP contribution in [0.5, 0.6) is 0 Å². The largest absolute Gasteiger partial charge is 0.344 e. The van der Waals surface area contributed by atoms with E-state index < -0.39 is 0 Å². The molecule has 0 spiro atoms. The van der Waals surface area contributed by atoms with Gasteiger partial charge in [0.05, 0.1) is 6.20 Å². The summed E-state index contributed by atoms with van der Waals surface area (Å²) in [5.74, 6) is 0.939. The van der Waals surface area contributed by atoms with Crippen molar-refractivity contribution in [2.75, 3.05) is 25.0 Å². The first-order chi connectivity index (χ1) is 13.5. The highest BCUT2D eigenvalue weighted by Gasteiger charge is 2.20. The Morgan fingerprint density at radius 2 is 2.00 bits per heavy atom. The first kappa shape index (κ1) is 18.6. The zero-order valence-electron chi connectivity index (χ0n) is 16.5. The van der Waals surface area contributed by atoms with Gasteiger partial charge in [0.1, 0.15) is 11.6 Å². The number of allylic oxidation sites excluding steroid dienone is 1. The second kappa shape index (κ2) is 7.72. The quantitative estimate of drug-likeness (QED) is 0.712. The van der Waals surface area contributed by atoms with Crippen molar-refractivity contribution in [1.29, 1.82) is 0 Å². The third-order valence-corrected chi connectivity index (χ3v) is 5.64. The minimum atomic E-state index is -0.268. The summed E-state index contributed by atoms with van der Waals surface area (Å²) in [4.78, 5) is 6.92. The number of nitrogens with zero attached hydrogens (tertiary/aromatic N) is 4. The van der Waals surface area contributed by atoms with Gasteiger partial charge in [-0.3, -0.25) is 4.68 Å². The summed E-state index contributed by atoms with van der Waals surface area (Å²) in [6, 6.07) is 5.35. The van der Waals surface area contributed by atoms with E-state index in [-0.39, 0.29) is 5.82 Å². The summed E-state index contributed by atoms with van der Waals surface area (Å²) in [5.41, 5.74) is 2.32. The zero-order chi connectivity index (χ0) is 19.7. The molecule has 0 radical (unpaired) electrons. The van der Waals surface area contributed by atoms with E-state index in [0.29, 0.717) is 11.5 Å². The van der Waals surface area contributed by atoms with Crippen LogP contribution in [0.25, 0.3) is 21.9 Å². The number of pyridine rings is 1. The van der Waals surface area contributed by atoms with E-state index in [1.807, 2.05) is 25.4 Å². The molecule has 6 heteroatoms. The zero-order valence-corrected chi connectivity index (χ0v) is 16.5. The fraction of sp³-hybridized carbons (Fsp3) is 0.364. The number of aromatic nitrogens is 3. The molecular weight excluding hydrogens is 353 g/mol. The Morgan fingerprint density at radius 3 is 2.68 bits per heavy atom. The molecule has 0 aliphatic carbocycles. The van der Waals surface area contributed by atoms with Crippen molar-refractivity contribution in [3.05, 3.63) is 54.9 Å². The first-order valence-electron chi connectivity index (χ1n) is 9.80. The van der Waals surface area contributed by atoms with Gasteiger partial charge in [-0.1, -0.05) is 13.5 Å². The van der Waals surface area contributed by atoms with Crippen molar-refractivity contribution in [2.45, 2.75) is 19.8 Å². The minimum absolute atomic E-state index is 0.268. The van der Waals surface area contributed by atoms with Gasteiger partial charge in [0.15, 0.2) is 0 Å². The van der Waals surface area contributed by atoms with Crippen molar-refractivity contribution >= 4 is 16.6 Å². The van der Waals surface area contributed by atoms with Crippen LogP contribution < -0.4 is 5.32 Å². The molecule has 0 atom stereocenters. The molecule has 0 amide bonds. The lowest BCUT2D eigenvalue weighted by molar-refractivity contribution is 0.208. The number of hydrogen-bond donors (Lipinski definition) is 1. The van der Waals surface area contributed by atoms with Crippen molar-refractivity contribution in [3.8, 4) is 11.1 Å². The number of fused-ring (bicyclic) bond motifs is 1. The van der Waals surface area contributed by atoms with E-state index in [1.54, 1.807) is 17.1 Å². The van der Waals surface area contributed by atoms with Crippen LogP contribution in [0.4, 0.5) is 10.2 Å². The van der Waals surface area contributed by atoms with E-state index in [0.717, 1.165) is 60.3 Å². The summed E-state index contributed by atoms with van der Waals surface area (Å²) in [6.45, 7) is 9.78. The average Bonchev–Trinajstić information content (AvgIpc) is 3.13. The molecule has 3 heterocycles. The Hall–Kier alpha value is -2.73. The number of nitrogens with one attached hydrogen (secondary N) is 1. The average molecular weight is 379 g/mol. The summed E-state index contributed by atoms with van der Waals surface area (Å²) < 4.78 is 16.2. The molecule has 0 saturated carbocycles. The molecule has 146 valence electrons. The number of rotatable bonds is 5. The fourth-order valence-corrected chi connectivity index (χ4v) is 3.88. The van der Waals surface area contributed by atoms with Crippen LogP contribution in [-0.2, 0) is 7.05 Å². The molecular formula is C22H26FN5. The molecule has 2 aromatic heterocycles. The number of aryl methyl sites for hydroxylation is 1. The van der Waals surface area contributed by atoms with E-state index in [2.05, 4.69) is 33.8 Å². The maximum absolute atomic E-state index is 14.5. The molecule has 0 bridgehead atoms. The maximum atomic E-state index is 14.5. The van der Waals surface area contributed by atoms with Crippen LogP contribution in [0, 0.1) is 11.7 Å². The van der Waals surface area contributed by atoms with E-state index in [9.17, 15) is 4.39 Å². The van der Waals surface area contributed by atoms with Crippen molar-refractivity contribution < 1.29 is 4.39 Å². The predicted octanol–water partition coefficient (Wildman–Crippen LogP) is 4.43. The molecule has 28 heavy (non-hydrogen) atoms. The Labute approximate surface area is 164 Å². The van der Waals surface area contributed by atoms with Gasteiger partial charge < -0.3 is 10.2 Å². The second-order valence-corrected chi connectivity index (χ2v) is 7.51. The van der Waals surface area contributed by atoms with Gasteiger partial charge in [0.25, 0.3) is 0 Å². The van der Waals surface area contributed by atoms with Gasteiger partial charge >= 0.3 is 0 Å². The van der Waals surface area contributed by atoms with E-state index in [4.69, 9.17) is 0 Å². The highest BCUT2D eigenvalue weighted by molar-refractivity contribution is 5.88. The summed E-state index contributed by atoms with van der Waals surface area (Å²) in [5, 5.41) is 9.24. The number of likely N-dealkylation sites (tertiary alicyclic amines) is 1. The number of piperidine rings is 1. The van der Waals surface area contributed by atoms with E-state index >= 15 is 0 Å². The van der Waals surface area contributed by atoms with Gasteiger partial charge in [-0.2, -0.15) is 5.10 Å². The number of anilines is 1. The van der Waals surface area contributed by atoms with Crippen molar-refractivity contribution in [3.63, 3.8) is 0 Å². The minimum Gasteiger partial charge on any atom is -0.344 e. The molecule has 3 aromatic rings. The normalized spacial score (nSPS) is 15.8. The van der Waals surface area contributed by atoms with Gasteiger partial charge in [-0.05, 0) is 56.1 Å². The summed E-state index contributed by atoms with van der Waals surface area (Å²) >= 11 is 0. The lowest BCUT2D eigenvalue weighted by atomic mass is 9.94. The molecule has 1 N–H and O–H groups in total. The molecule has 1 saturated heterocycles. The SMILES string of the molecule is C=C(Nc1cc2cc(-c3cnn(C)c3)c(F)cc2cn1)C1CCN(CC)CC1. The molecule has 4 rings (SSSR count). The van der Waals surface area contributed by atoms with Gasteiger partial charge in [-0.15, -0.1) is 0 Å².